The first-order valence-electron chi connectivity index (χ1n) is 16.7. The number of carboxylic acids is 2. The Labute approximate surface area is 300 Å². The van der Waals surface area contributed by atoms with Crippen molar-refractivity contribution in [3.05, 3.63) is 35.9 Å². The van der Waals surface area contributed by atoms with Crippen molar-refractivity contribution in [2.24, 2.45) is 11.7 Å². The first kappa shape index (κ1) is 42.6. The van der Waals surface area contributed by atoms with Gasteiger partial charge in [0, 0.05) is 13.0 Å². The number of amides is 7. The Hall–Kier alpha value is -5.59. The van der Waals surface area contributed by atoms with Gasteiger partial charge in [0.05, 0.1) is 25.6 Å². The normalized spacial score (nSPS) is 16.7. The summed E-state index contributed by atoms with van der Waals surface area (Å²) < 4.78 is 0. The van der Waals surface area contributed by atoms with E-state index in [-0.39, 0.29) is 25.3 Å². The SMILES string of the molecule is CC(C)[C@H](N)C(=O)NCC(=O)N[C@@H](C)C(=O)N1CCC[C@H]1C(=O)N[C@@H](Cc1ccccc1)C(=O)N[C@@H](CC(=O)O)C(=O)NCC(=O)N[C@@H](C)C(=O)O. The fraction of sp³-hybridized carbons (Fsp3) is 0.545. The molecule has 52 heavy (non-hydrogen) atoms. The van der Waals surface area contributed by atoms with Crippen molar-refractivity contribution in [1.29, 1.82) is 0 Å². The molecule has 0 aromatic heterocycles. The van der Waals surface area contributed by atoms with Crippen LogP contribution in [-0.4, -0.2) is 124 Å². The number of nitrogens with two attached hydrogens (primary N) is 1. The van der Waals surface area contributed by atoms with Gasteiger partial charge in [-0.3, -0.25) is 43.2 Å². The number of nitrogens with one attached hydrogen (secondary N) is 6. The predicted molar refractivity (Wildman–Crippen MR) is 183 cm³/mol. The number of likely N-dealkylation sites (tertiary alicyclic amines) is 1. The molecule has 0 radical (unpaired) electrons. The van der Waals surface area contributed by atoms with Gasteiger partial charge in [0.15, 0.2) is 0 Å². The quantitative estimate of drug-likeness (QED) is 0.0687. The van der Waals surface area contributed by atoms with E-state index in [1.165, 1.54) is 18.7 Å². The Morgan fingerprint density at radius 3 is 1.90 bits per heavy atom. The van der Waals surface area contributed by atoms with E-state index in [1.807, 2.05) is 0 Å². The van der Waals surface area contributed by atoms with Gasteiger partial charge < -0.3 is 52.7 Å². The van der Waals surface area contributed by atoms with Gasteiger partial charge in [-0.1, -0.05) is 44.2 Å². The second-order valence-corrected chi connectivity index (χ2v) is 12.7. The Bertz CT molecular complexity index is 1490. The molecule has 1 aromatic rings. The lowest BCUT2D eigenvalue weighted by molar-refractivity contribution is -0.142. The summed E-state index contributed by atoms with van der Waals surface area (Å²) in [4.78, 5) is 114. The van der Waals surface area contributed by atoms with E-state index in [0.717, 1.165) is 0 Å². The third-order valence-electron chi connectivity index (χ3n) is 8.13. The first-order chi connectivity index (χ1) is 24.4. The minimum Gasteiger partial charge on any atom is -0.481 e. The van der Waals surface area contributed by atoms with Gasteiger partial charge in [-0.25, -0.2) is 0 Å². The zero-order chi connectivity index (χ0) is 39.1. The van der Waals surface area contributed by atoms with Gasteiger partial charge in [-0.15, -0.1) is 0 Å². The molecule has 1 aliphatic heterocycles. The van der Waals surface area contributed by atoms with E-state index in [1.54, 1.807) is 44.2 Å². The minimum absolute atomic E-state index is 0.0887. The largest absolute Gasteiger partial charge is 0.481 e. The van der Waals surface area contributed by atoms with Crippen molar-refractivity contribution in [3.63, 3.8) is 0 Å². The fourth-order valence-corrected chi connectivity index (χ4v) is 5.12. The molecular formula is C33H48N8O11. The molecule has 19 heteroatoms. The Balaban J connectivity index is 2.15. The first-order valence-corrected chi connectivity index (χ1v) is 16.7. The van der Waals surface area contributed by atoms with Crippen LogP contribution in [-0.2, 0) is 49.6 Å². The molecule has 10 N–H and O–H groups in total. The summed E-state index contributed by atoms with van der Waals surface area (Å²) in [5.74, 6) is -8.27. The number of hydrogen-bond acceptors (Lipinski definition) is 10. The highest BCUT2D eigenvalue weighted by atomic mass is 16.4. The van der Waals surface area contributed by atoms with Gasteiger partial charge in [-0.05, 0) is 38.2 Å². The average molecular weight is 733 g/mol. The van der Waals surface area contributed by atoms with Crippen molar-refractivity contribution in [2.45, 2.75) is 89.6 Å². The number of hydrogen-bond donors (Lipinski definition) is 9. The van der Waals surface area contributed by atoms with Crippen molar-refractivity contribution in [2.75, 3.05) is 19.6 Å². The number of rotatable bonds is 19. The number of carbonyl (C=O) groups is 9. The summed E-state index contributed by atoms with van der Waals surface area (Å²) in [6, 6.07) is 1.24. The molecule has 0 spiro atoms. The van der Waals surface area contributed by atoms with Crippen LogP contribution in [0.3, 0.4) is 0 Å². The van der Waals surface area contributed by atoms with Crippen LogP contribution in [0.15, 0.2) is 30.3 Å². The van der Waals surface area contributed by atoms with E-state index in [4.69, 9.17) is 10.8 Å². The van der Waals surface area contributed by atoms with Crippen LogP contribution in [0.4, 0.5) is 0 Å². The number of aliphatic carboxylic acids is 2. The van der Waals surface area contributed by atoms with Gasteiger partial charge in [-0.2, -0.15) is 0 Å². The van der Waals surface area contributed by atoms with Gasteiger partial charge in [0.1, 0.15) is 30.2 Å². The highest BCUT2D eigenvalue weighted by Gasteiger charge is 2.38. The lowest BCUT2D eigenvalue weighted by Crippen LogP contribution is -2.58. The van der Waals surface area contributed by atoms with Crippen LogP contribution >= 0.6 is 0 Å². The maximum atomic E-state index is 13.6. The van der Waals surface area contributed by atoms with Gasteiger partial charge >= 0.3 is 11.9 Å². The molecule has 1 aliphatic rings. The molecule has 1 aromatic carbocycles. The molecule has 6 atom stereocenters. The minimum atomic E-state index is -1.69. The second-order valence-electron chi connectivity index (χ2n) is 12.7. The Morgan fingerprint density at radius 2 is 1.35 bits per heavy atom. The highest BCUT2D eigenvalue weighted by molar-refractivity contribution is 5.97. The summed E-state index contributed by atoms with van der Waals surface area (Å²) in [5.41, 5.74) is 6.38. The average Bonchev–Trinajstić information content (AvgIpc) is 3.58. The van der Waals surface area contributed by atoms with Crippen molar-refractivity contribution in [3.8, 4) is 0 Å². The molecular weight excluding hydrogens is 684 g/mol. The zero-order valence-electron chi connectivity index (χ0n) is 29.5. The smallest absolute Gasteiger partial charge is 0.325 e. The summed E-state index contributed by atoms with van der Waals surface area (Å²) >= 11 is 0. The van der Waals surface area contributed by atoms with Crippen molar-refractivity contribution >= 4 is 53.3 Å². The van der Waals surface area contributed by atoms with Crippen LogP contribution in [0.5, 0.6) is 0 Å². The molecule has 19 nitrogen and oxygen atoms in total. The molecule has 1 heterocycles. The van der Waals surface area contributed by atoms with Crippen LogP contribution in [0.1, 0.15) is 52.5 Å². The zero-order valence-corrected chi connectivity index (χ0v) is 29.5. The molecule has 0 saturated carbocycles. The number of carbonyl (C=O) groups excluding carboxylic acids is 7. The van der Waals surface area contributed by atoms with Crippen molar-refractivity contribution < 1.29 is 53.4 Å². The van der Waals surface area contributed by atoms with E-state index >= 15 is 0 Å². The van der Waals surface area contributed by atoms with Crippen molar-refractivity contribution in [1.82, 2.24) is 36.8 Å². The van der Waals surface area contributed by atoms with E-state index in [9.17, 15) is 48.3 Å². The topological polar surface area (TPSA) is 296 Å². The molecule has 1 saturated heterocycles. The summed E-state index contributed by atoms with van der Waals surface area (Å²) in [7, 11) is 0. The summed E-state index contributed by atoms with van der Waals surface area (Å²) in [5, 5.41) is 32.5. The number of benzene rings is 1. The molecule has 0 unspecified atom stereocenters. The number of carboxylic acid groups (broad SMARTS) is 2. The molecule has 2 rings (SSSR count). The standard InChI is InChI=1S/C33H48N8O11/c1-17(2)27(34)31(49)36-16-24(42)37-18(3)32(50)41-12-8-11-23(41)30(48)40-21(13-20-9-6-5-7-10-20)29(47)39-22(14-26(44)45)28(46)35-15-25(43)38-19(4)33(51)52/h5-7,9-10,17-19,21-23,27H,8,11-16,34H2,1-4H3,(H,35,46)(H,36,49)(H,37,42)(H,38,43)(H,39,47)(H,40,48)(H,44,45)(H,51,52)/t18-,19-,21-,22-,23-,27-/m0/s1. The van der Waals surface area contributed by atoms with E-state index in [0.29, 0.717) is 12.0 Å². The Kier molecular flexibility index (Phi) is 16.6. The third-order valence-corrected chi connectivity index (χ3v) is 8.13. The van der Waals surface area contributed by atoms with Crippen LogP contribution in [0.2, 0.25) is 0 Å². The molecule has 286 valence electrons. The molecule has 0 bridgehead atoms. The summed E-state index contributed by atoms with van der Waals surface area (Å²) in [6.07, 6.45) is -0.315. The van der Waals surface area contributed by atoms with Gasteiger partial charge in [0.25, 0.3) is 0 Å². The lowest BCUT2D eigenvalue weighted by Gasteiger charge is -2.29. The van der Waals surface area contributed by atoms with Crippen LogP contribution in [0, 0.1) is 5.92 Å². The van der Waals surface area contributed by atoms with E-state index in [2.05, 4.69) is 31.9 Å². The van der Waals surface area contributed by atoms with Gasteiger partial charge in [0.2, 0.25) is 41.4 Å². The lowest BCUT2D eigenvalue weighted by atomic mass is 10.0. The third kappa shape index (κ3) is 13.6. The highest BCUT2D eigenvalue weighted by Crippen LogP contribution is 2.19. The summed E-state index contributed by atoms with van der Waals surface area (Å²) in [6.45, 7) is 5.16. The maximum Gasteiger partial charge on any atom is 0.325 e. The molecule has 0 aliphatic carbocycles. The van der Waals surface area contributed by atoms with E-state index < -0.39 is 109 Å². The van der Waals surface area contributed by atoms with Crippen LogP contribution in [0.25, 0.3) is 0 Å². The maximum absolute atomic E-state index is 13.6. The fourth-order valence-electron chi connectivity index (χ4n) is 5.12. The molecule has 7 amide bonds. The predicted octanol–water partition coefficient (Wildman–Crippen LogP) is -3.03. The molecule has 1 fully saturated rings. The number of nitrogens with zero attached hydrogens (tertiary/aromatic N) is 1. The van der Waals surface area contributed by atoms with Crippen LogP contribution < -0.4 is 37.6 Å². The monoisotopic (exact) mass is 732 g/mol. The Morgan fingerprint density at radius 1 is 0.769 bits per heavy atom. The second kappa shape index (κ2) is 20.3.